The minimum Gasteiger partial charge on any atom is -0.364 e. The van der Waals surface area contributed by atoms with Gasteiger partial charge in [0.25, 0.3) is 5.91 Å². The molecule has 0 spiro atoms. The maximum Gasteiger partial charge on any atom is 0.269 e. The molecule has 2 N–H and O–H groups in total. The third-order valence-electron chi connectivity index (χ3n) is 2.20. The standard InChI is InChI=1S/C9H5N3O/c10-9(13)8-7-5-3-4(5)1-2-6(7)11-12-8/h1-3H,(H2,10,13). The molecule has 0 aliphatic heterocycles. The van der Waals surface area contributed by atoms with Gasteiger partial charge in [0, 0.05) is 5.39 Å². The Morgan fingerprint density at radius 2 is 2.15 bits per heavy atom. The van der Waals surface area contributed by atoms with Crippen molar-refractivity contribution >= 4 is 27.6 Å². The maximum atomic E-state index is 11.0. The SMILES string of the molecule is NC(=O)c1nnc2ccc3cc3c12. The summed E-state index contributed by atoms with van der Waals surface area (Å²) < 4.78 is 0. The summed E-state index contributed by atoms with van der Waals surface area (Å²) in [6.07, 6.45) is 0. The summed E-state index contributed by atoms with van der Waals surface area (Å²) in [6.45, 7) is 0. The second-order valence-electron chi connectivity index (χ2n) is 3.02. The summed E-state index contributed by atoms with van der Waals surface area (Å²) in [5.74, 6) is -0.517. The van der Waals surface area contributed by atoms with Gasteiger partial charge in [-0.05, 0) is 22.9 Å². The smallest absolute Gasteiger partial charge is 0.269 e. The van der Waals surface area contributed by atoms with Crippen LogP contribution in [-0.4, -0.2) is 16.1 Å². The molecule has 3 rings (SSSR count). The topological polar surface area (TPSA) is 68.9 Å². The second kappa shape index (κ2) is 1.85. The van der Waals surface area contributed by atoms with Gasteiger partial charge in [0.15, 0.2) is 5.69 Å². The molecule has 0 aliphatic rings. The molecule has 0 fully saturated rings. The summed E-state index contributed by atoms with van der Waals surface area (Å²) in [5.41, 5.74) is 6.18. The highest BCUT2D eigenvalue weighted by molar-refractivity contribution is 6.21. The molecule has 1 aromatic heterocycles. The first-order valence-corrected chi connectivity index (χ1v) is 3.88. The number of rotatable bonds is 1. The number of benzene rings is 1. The Balaban J connectivity index is 2.51. The zero-order valence-corrected chi connectivity index (χ0v) is 6.61. The van der Waals surface area contributed by atoms with E-state index in [0.29, 0.717) is 0 Å². The van der Waals surface area contributed by atoms with E-state index in [1.165, 1.54) is 0 Å². The Morgan fingerprint density at radius 1 is 1.31 bits per heavy atom. The number of nitrogens with two attached hydrogens (primary N) is 1. The van der Waals surface area contributed by atoms with E-state index in [4.69, 9.17) is 5.73 Å². The number of carbonyl (C=O) groups is 1. The summed E-state index contributed by atoms with van der Waals surface area (Å²) in [7, 11) is 0. The zero-order chi connectivity index (χ0) is 9.00. The van der Waals surface area contributed by atoms with Gasteiger partial charge in [-0.2, -0.15) is 0 Å². The monoisotopic (exact) mass is 171 g/mol. The first-order chi connectivity index (χ1) is 6.27. The molecule has 3 aromatic rings. The molecule has 2 aromatic carbocycles. The maximum absolute atomic E-state index is 11.0. The Bertz CT molecular complexity index is 590. The predicted octanol–water partition coefficient (Wildman–Crippen LogP) is 0.757. The Kier molecular flexibility index (Phi) is 0.930. The Hall–Kier alpha value is -1.97. The molecule has 0 saturated carbocycles. The van der Waals surface area contributed by atoms with Crippen molar-refractivity contribution in [1.29, 1.82) is 0 Å². The van der Waals surface area contributed by atoms with Crippen LogP contribution >= 0.6 is 0 Å². The molecule has 0 bridgehead atoms. The molecule has 0 atom stereocenters. The van der Waals surface area contributed by atoms with Gasteiger partial charge in [0.2, 0.25) is 0 Å². The third kappa shape index (κ3) is 0.717. The van der Waals surface area contributed by atoms with Crippen LogP contribution in [0, 0.1) is 0 Å². The molecule has 0 aliphatic carbocycles. The van der Waals surface area contributed by atoms with Crippen LogP contribution in [0.15, 0.2) is 18.2 Å². The molecule has 0 saturated heterocycles. The van der Waals surface area contributed by atoms with Crippen LogP contribution in [0.2, 0.25) is 0 Å². The Morgan fingerprint density at radius 3 is 2.92 bits per heavy atom. The second-order valence-corrected chi connectivity index (χ2v) is 3.02. The number of nitrogens with zero attached hydrogens (tertiary/aromatic N) is 2. The lowest BCUT2D eigenvalue weighted by molar-refractivity contribution is 0.0997. The first-order valence-electron chi connectivity index (χ1n) is 3.88. The molecule has 4 heteroatoms. The van der Waals surface area contributed by atoms with Crippen molar-refractivity contribution in [3.8, 4) is 0 Å². The summed E-state index contributed by atoms with van der Waals surface area (Å²) in [5, 5.41) is 10.6. The molecule has 0 radical (unpaired) electrons. The van der Waals surface area contributed by atoms with Crippen LogP contribution < -0.4 is 5.73 Å². The lowest BCUT2D eigenvalue weighted by atomic mass is 10.2. The van der Waals surface area contributed by atoms with Gasteiger partial charge < -0.3 is 5.73 Å². The summed E-state index contributed by atoms with van der Waals surface area (Å²) >= 11 is 0. The molecule has 0 unspecified atom stereocenters. The lowest BCUT2D eigenvalue weighted by Gasteiger charge is -1.86. The van der Waals surface area contributed by atoms with Crippen LogP contribution in [-0.2, 0) is 0 Å². The minimum absolute atomic E-state index is 0.278. The highest BCUT2D eigenvalue weighted by Gasteiger charge is 2.17. The molecule has 1 amide bonds. The van der Waals surface area contributed by atoms with Crippen molar-refractivity contribution in [3.05, 3.63) is 23.9 Å². The lowest BCUT2D eigenvalue weighted by Crippen LogP contribution is -2.11. The van der Waals surface area contributed by atoms with Crippen molar-refractivity contribution in [2.75, 3.05) is 0 Å². The Labute approximate surface area is 73.0 Å². The summed E-state index contributed by atoms with van der Waals surface area (Å²) in [6, 6.07) is 5.78. The molecule has 13 heavy (non-hydrogen) atoms. The van der Waals surface area contributed by atoms with Crippen LogP contribution in [0.25, 0.3) is 21.7 Å². The van der Waals surface area contributed by atoms with E-state index in [-0.39, 0.29) is 5.69 Å². The van der Waals surface area contributed by atoms with Gasteiger partial charge in [-0.15, -0.1) is 10.2 Å². The average molecular weight is 171 g/mol. The first kappa shape index (κ1) is 6.54. The van der Waals surface area contributed by atoms with E-state index in [9.17, 15) is 4.79 Å². The molecular formula is C9H5N3O. The highest BCUT2D eigenvalue weighted by Crippen LogP contribution is 2.33. The quantitative estimate of drug-likeness (QED) is 0.587. The van der Waals surface area contributed by atoms with Crippen molar-refractivity contribution < 1.29 is 4.79 Å². The average Bonchev–Trinajstić information content (AvgIpc) is 2.76. The van der Waals surface area contributed by atoms with Crippen LogP contribution in [0.1, 0.15) is 10.5 Å². The van der Waals surface area contributed by atoms with Crippen molar-refractivity contribution in [3.63, 3.8) is 0 Å². The fraction of sp³-hybridized carbons (Fsp3) is 0. The molecule has 4 nitrogen and oxygen atoms in total. The largest absolute Gasteiger partial charge is 0.364 e. The van der Waals surface area contributed by atoms with E-state index >= 15 is 0 Å². The fourth-order valence-corrected chi connectivity index (χ4v) is 1.52. The van der Waals surface area contributed by atoms with Gasteiger partial charge in [-0.25, -0.2) is 0 Å². The van der Waals surface area contributed by atoms with E-state index in [1.54, 1.807) is 0 Å². The number of aromatic nitrogens is 2. The van der Waals surface area contributed by atoms with Crippen LogP contribution in [0.4, 0.5) is 0 Å². The van der Waals surface area contributed by atoms with Gasteiger partial charge in [-0.3, -0.25) is 4.79 Å². The van der Waals surface area contributed by atoms with E-state index < -0.39 is 5.91 Å². The van der Waals surface area contributed by atoms with Gasteiger partial charge >= 0.3 is 0 Å². The third-order valence-corrected chi connectivity index (χ3v) is 2.20. The molecule has 62 valence electrons. The number of hydrogen-bond acceptors (Lipinski definition) is 3. The fourth-order valence-electron chi connectivity index (χ4n) is 1.52. The van der Waals surface area contributed by atoms with E-state index in [2.05, 4.69) is 10.2 Å². The number of amides is 1. The van der Waals surface area contributed by atoms with Crippen molar-refractivity contribution in [2.45, 2.75) is 0 Å². The number of fused-ring (bicyclic) bond motifs is 3. The molecule has 1 heterocycles. The van der Waals surface area contributed by atoms with Crippen LogP contribution in [0.3, 0.4) is 0 Å². The number of carbonyl (C=O) groups excluding carboxylic acids is 1. The predicted molar refractivity (Wildman–Crippen MR) is 47.9 cm³/mol. The normalized spacial score (nSPS) is 11.7. The van der Waals surface area contributed by atoms with Gasteiger partial charge in [-0.1, -0.05) is 6.07 Å². The highest BCUT2D eigenvalue weighted by atomic mass is 16.1. The zero-order valence-electron chi connectivity index (χ0n) is 6.61. The summed E-state index contributed by atoms with van der Waals surface area (Å²) in [4.78, 5) is 11.0. The van der Waals surface area contributed by atoms with Crippen LogP contribution in [0.5, 0.6) is 0 Å². The van der Waals surface area contributed by atoms with Crippen molar-refractivity contribution in [2.24, 2.45) is 5.73 Å². The molecular weight excluding hydrogens is 166 g/mol. The van der Waals surface area contributed by atoms with Crippen molar-refractivity contribution in [1.82, 2.24) is 10.2 Å². The van der Waals surface area contributed by atoms with E-state index in [1.807, 2.05) is 18.2 Å². The number of primary amides is 1. The minimum atomic E-state index is -0.517. The number of hydrogen-bond donors (Lipinski definition) is 1. The van der Waals surface area contributed by atoms with Gasteiger partial charge in [0.1, 0.15) is 0 Å². The van der Waals surface area contributed by atoms with Gasteiger partial charge in [0.05, 0.1) is 5.52 Å². The van der Waals surface area contributed by atoms with E-state index in [0.717, 1.165) is 21.7 Å².